The summed E-state index contributed by atoms with van der Waals surface area (Å²) in [6.07, 6.45) is 1.29. The molecular weight excluding hydrogens is 523 g/mol. The Kier molecular flexibility index (Phi) is 7.93. The molecule has 5 nitrogen and oxygen atoms in total. The number of rotatable bonds is 7. The maximum atomic E-state index is 13.8. The number of thiophene rings is 1. The monoisotopic (exact) mass is 550 g/mol. The summed E-state index contributed by atoms with van der Waals surface area (Å²) in [5.41, 5.74) is 3.25. The van der Waals surface area contributed by atoms with Gasteiger partial charge in [-0.1, -0.05) is 54.4 Å². The van der Waals surface area contributed by atoms with Crippen molar-refractivity contribution in [2.24, 2.45) is 0 Å². The molecule has 0 N–H and O–H groups in total. The third-order valence-corrected chi connectivity index (χ3v) is 10.3. The lowest BCUT2D eigenvalue weighted by molar-refractivity contribution is -0.133. The standard InChI is InChI=1S/C26H28Cl2N2O3S2/c1-4-18(3)30(35(32,33)24-15-19(27)9-10-22(24)28)16-25(31)29-13-11-23-21(12-14-34-23)26(29)20-8-6-5-7-17(20)2/h5-10,12,14-15,18,26H,4,11,13,16H2,1-3H3. The zero-order valence-corrected chi connectivity index (χ0v) is 23.0. The van der Waals surface area contributed by atoms with Crippen LogP contribution in [0.3, 0.4) is 0 Å². The van der Waals surface area contributed by atoms with Crippen molar-refractivity contribution in [2.75, 3.05) is 13.1 Å². The van der Waals surface area contributed by atoms with Gasteiger partial charge in [0.1, 0.15) is 4.90 Å². The van der Waals surface area contributed by atoms with Crippen molar-refractivity contribution < 1.29 is 13.2 Å². The Balaban J connectivity index is 1.72. The van der Waals surface area contributed by atoms with Crippen molar-refractivity contribution in [3.8, 4) is 0 Å². The molecule has 0 fully saturated rings. The summed E-state index contributed by atoms with van der Waals surface area (Å²) >= 11 is 14.1. The van der Waals surface area contributed by atoms with Gasteiger partial charge in [-0.25, -0.2) is 8.42 Å². The molecule has 186 valence electrons. The molecule has 0 radical (unpaired) electrons. The van der Waals surface area contributed by atoms with Crippen molar-refractivity contribution >= 4 is 50.5 Å². The molecule has 0 saturated heterocycles. The van der Waals surface area contributed by atoms with Gasteiger partial charge in [0.15, 0.2) is 0 Å². The second-order valence-electron chi connectivity index (χ2n) is 8.78. The average molecular weight is 552 g/mol. The number of aryl methyl sites for hydroxylation is 1. The van der Waals surface area contributed by atoms with Gasteiger partial charge in [0.05, 0.1) is 17.6 Å². The van der Waals surface area contributed by atoms with Crippen LogP contribution in [0.25, 0.3) is 0 Å². The molecule has 2 aromatic carbocycles. The summed E-state index contributed by atoms with van der Waals surface area (Å²) in [4.78, 5) is 16.8. The van der Waals surface area contributed by atoms with Gasteiger partial charge in [-0.15, -0.1) is 11.3 Å². The summed E-state index contributed by atoms with van der Waals surface area (Å²) in [5, 5.41) is 2.40. The van der Waals surface area contributed by atoms with Crippen LogP contribution in [0, 0.1) is 6.92 Å². The molecule has 2 heterocycles. The van der Waals surface area contributed by atoms with E-state index in [2.05, 4.69) is 11.4 Å². The van der Waals surface area contributed by atoms with Crippen LogP contribution in [0.1, 0.15) is 47.9 Å². The molecule has 1 aliphatic heterocycles. The Morgan fingerprint density at radius 3 is 2.63 bits per heavy atom. The molecule has 2 atom stereocenters. The van der Waals surface area contributed by atoms with Gasteiger partial charge in [-0.2, -0.15) is 4.31 Å². The van der Waals surface area contributed by atoms with Gasteiger partial charge in [0.2, 0.25) is 15.9 Å². The number of sulfonamides is 1. The van der Waals surface area contributed by atoms with E-state index in [0.717, 1.165) is 23.1 Å². The van der Waals surface area contributed by atoms with Gasteiger partial charge >= 0.3 is 0 Å². The van der Waals surface area contributed by atoms with Crippen LogP contribution in [0.4, 0.5) is 0 Å². The molecule has 1 aromatic heterocycles. The first-order valence-corrected chi connectivity index (χ1v) is 14.6. The summed E-state index contributed by atoms with van der Waals surface area (Å²) in [6, 6.07) is 13.8. The first-order valence-electron chi connectivity index (χ1n) is 11.5. The van der Waals surface area contributed by atoms with Crippen LogP contribution < -0.4 is 0 Å². The fourth-order valence-electron chi connectivity index (χ4n) is 4.52. The van der Waals surface area contributed by atoms with E-state index < -0.39 is 16.1 Å². The molecule has 0 bridgehead atoms. The van der Waals surface area contributed by atoms with E-state index >= 15 is 0 Å². The predicted molar refractivity (Wildman–Crippen MR) is 143 cm³/mol. The Morgan fingerprint density at radius 2 is 1.91 bits per heavy atom. The van der Waals surface area contributed by atoms with Crippen molar-refractivity contribution in [3.63, 3.8) is 0 Å². The largest absolute Gasteiger partial charge is 0.330 e. The molecule has 1 amide bonds. The van der Waals surface area contributed by atoms with Gasteiger partial charge < -0.3 is 4.90 Å². The van der Waals surface area contributed by atoms with E-state index in [9.17, 15) is 13.2 Å². The van der Waals surface area contributed by atoms with Gasteiger partial charge in [-0.3, -0.25) is 4.79 Å². The van der Waals surface area contributed by atoms with E-state index in [1.54, 1.807) is 24.3 Å². The van der Waals surface area contributed by atoms with Crippen molar-refractivity contribution in [3.05, 3.63) is 85.5 Å². The summed E-state index contributed by atoms with van der Waals surface area (Å²) in [6.45, 7) is 5.98. The first-order chi connectivity index (χ1) is 16.6. The number of hydrogen-bond acceptors (Lipinski definition) is 4. The number of fused-ring (bicyclic) bond motifs is 1. The topological polar surface area (TPSA) is 57.7 Å². The van der Waals surface area contributed by atoms with E-state index in [1.807, 2.05) is 43.0 Å². The zero-order valence-electron chi connectivity index (χ0n) is 19.9. The number of halogens is 2. The summed E-state index contributed by atoms with van der Waals surface area (Å²) in [7, 11) is -4.07. The van der Waals surface area contributed by atoms with Crippen molar-refractivity contribution in [1.82, 2.24) is 9.21 Å². The van der Waals surface area contributed by atoms with Crippen molar-refractivity contribution in [1.29, 1.82) is 0 Å². The fourth-order valence-corrected chi connectivity index (χ4v) is 7.82. The number of nitrogens with zero attached hydrogens (tertiary/aromatic N) is 2. The third-order valence-electron chi connectivity index (χ3n) is 6.62. The molecule has 9 heteroatoms. The molecule has 0 aliphatic carbocycles. The number of carbonyl (C=O) groups is 1. The SMILES string of the molecule is CCC(C)N(CC(=O)N1CCc2sccc2C1c1ccccc1C)S(=O)(=O)c1cc(Cl)ccc1Cl. The smallest absolute Gasteiger partial charge is 0.245 e. The predicted octanol–water partition coefficient (Wildman–Crippen LogP) is 6.33. The minimum atomic E-state index is -4.07. The lowest BCUT2D eigenvalue weighted by atomic mass is 9.90. The average Bonchev–Trinajstić information content (AvgIpc) is 3.32. The maximum Gasteiger partial charge on any atom is 0.245 e. The van der Waals surface area contributed by atoms with Crippen LogP contribution >= 0.6 is 34.5 Å². The molecular formula is C26H28Cl2N2O3S2. The minimum absolute atomic E-state index is 0.0776. The Bertz CT molecular complexity index is 1340. The van der Waals surface area contributed by atoms with Gasteiger partial charge in [-0.05, 0) is 73.0 Å². The second-order valence-corrected chi connectivity index (χ2v) is 12.5. The highest BCUT2D eigenvalue weighted by atomic mass is 35.5. The molecule has 35 heavy (non-hydrogen) atoms. The van der Waals surface area contributed by atoms with E-state index in [1.165, 1.54) is 21.3 Å². The maximum absolute atomic E-state index is 13.8. The van der Waals surface area contributed by atoms with Crippen LogP contribution in [0.15, 0.2) is 58.8 Å². The highest BCUT2D eigenvalue weighted by molar-refractivity contribution is 7.89. The number of hydrogen-bond donors (Lipinski definition) is 0. The molecule has 0 spiro atoms. The lowest BCUT2D eigenvalue weighted by Crippen LogP contribution is -2.49. The quantitative estimate of drug-likeness (QED) is 0.345. The Morgan fingerprint density at radius 1 is 1.17 bits per heavy atom. The van der Waals surface area contributed by atoms with Crippen LogP contribution in [0.5, 0.6) is 0 Å². The lowest BCUT2D eigenvalue weighted by Gasteiger charge is -2.38. The second kappa shape index (κ2) is 10.6. The normalized spacial score (nSPS) is 16.9. The summed E-state index contributed by atoms with van der Waals surface area (Å²) in [5.74, 6) is -0.239. The van der Waals surface area contributed by atoms with Crippen LogP contribution in [0.2, 0.25) is 10.0 Å². The first kappa shape index (κ1) is 26.2. The molecule has 1 aliphatic rings. The molecule has 3 aromatic rings. The minimum Gasteiger partial charge on any atom is -0.330 e. The molecule has 0 saturated carbocycles. The number of amides is 1. The Labute approximate surface area is 221 Å². The fraction of sp³-hybridized carbons (Fsp3) is 0.346. The van der Waals surface area contributed by atoms with Crippen molar-refractivity contribution in [2.45, 2.75) is 50.6 Å². The van der Waals surface area contributed by atoms with Crippen LogP contribution in [-0.4, -0.2) is 42.7 Å². The summed E-state index contributed by atoms with van der Waals surface area (Å²) < 4.78 is 28.7. The highest BCUT2D eigenvalue weighted by Gasteiger charge is 2.38. The van der Waals surface area contributed by atoms with E-state index in [-0.39, 0.29) is 33.4 Å². The molecule has 4 rings (SSSR count). The highest BCUT2D eigenvalue weighted by Crippen LogP contribution is 2.39. The van der Waals surface area contributed by atoms with E-state index in [0.29, 0.717) is 13.0 Å². The van der Waals surface area contributed by atoms with E-state index in [4.69, 9.17) is 23.2 Å². The zero-order chi connectivity index (χ0) is 25.3. The Hall–Kier alpha value is -1.90. The number of carbonyl (C=O) groups excluding carboxylic acids is 1. The van der Waals surface area contributed by atoms with Gasteiger partial charge in [0, 0.05) is 22.5 Å². The molecule has 2 unspecified atom stereocenters. The van der Waals surface area contributed by atoms with Crippen LogP contribution in [-0.2, 0) is 21.2 Å². The third kappa shape index (κ3) is 5.16. The van der Waals surface area contributed by atoms with Gasteiger partial charge in [0.25, 0.3) is 0 Å². The number of benzene rings is 2.